The number of ether oxygens (including phenoxy) is 1. The highest BCUT2D eigenvalue weighted by Crippen LogP contribution is 2.43. The number of likely N-dealkylation sites (tertiary alicyclic amines) is 1. The van der Waals surface area contributed by atoms with Gasteiger partial charge in [0.25, 0.3) is 0 Å². The zero-order valence-corrected chi connectivity index (χ0v) is 27.6. The fourth-order valence-corrected chi connectivity index (χ4v) is 6.22. The smallest absolute Gasteiger partial charge is 0.419 e. The SMILES string of the molecule is CC#N.CN(C)C/C=C/C(=O)N1CCN(c2nc(OCC3CCCN3C)nc3c2CCN(c2cccc(Cl)c2C(F)(F)F)C3)CC1. The molecular formula is C32H42ClF3N8O2. The molecule has 0 saturated carbocycles. The van der Waals surface area contributed by atoms with Gasteiger partial charge in [0, 0.05) is 63.9 Å². The van der Waals surface area contributed by atoms with Gasteiger partial charge in [0.1, 0.15) is 12.4 Å². The van der Waals surface area contributed by atoms with Crippen molar-refractivity contribution >= 4 is 29.0 Å². The van der Waals surface area contributed by atoms with Crippen molar-refractivity contribution in [3.8, 4) is 12.1 Å². The first-order chi connectivity index (χ1) is 21.9. The number of nitrogens with zero attached hydrogens (tertiary/aromatic N) is 8. The second-order valence-corrected chi connectivity index (χ2v) is 12.3. The number of alkyl halides is 3. The van der Waals surface area contributed by atoms with Crippen molar-refractivity contribution in [2.45, 2.75) is 44.9 Å². The fraction of sp³-hybridized carbons (Fsp3) is 0.562. The van der Waals surface area contributed by atoms with E-state index in [-0.39, 0.29) is 35.2 Å². The molecule has 4 heterocycles. The standard InChI is InChI=1S/C30H39ClF3N7O2.C2H3N/c1-37(2)12-6-10-26(42)39-15-17-40(18-16-39)28-22-11-14-41(25-9-4-8-23(31)27(25)30(32,33)34)19-24(22)35-29(36-28)43-20-21-7-5-13-38(21)3;1-2-3/h4,6,8-10,21H,5,7,11-20H2,1-3H3;1H3/b10-6+;. The Bertz CT molecular complexity index is 1420. The van der Waals surface area contributed by atoms with Crippen molar-refractivity contribution in [1.29, 1.82) is 5.26 Å². The largest absolute Gasteiger partial charge is 0.462 e. The maximum absolute atomic E-state index is 14.0. The lowest BCUT2D eigenvalue weighted by Crippen LogP contribution is -2.49. The molecular weight excluding hydrogens is 621 g/mol. The number of hydrogen-bond acceptors (Lipinski definition) is 9. The van der Waals surface area contributed by atoms with Crippen LogP contribution in [-0.2, 0) is 23.9 Å². The van der Waals surface area contributed by atoms with Crippen LogP contribution >= 0.6 is 11.6 Å². The van der Waals surface area contributed by atoms with Crippen molar-refractivity contribution in [1.82, 2.24) is 24.7 Å². The number of carbonyl (C=O) groups is 1. The Hall–Kier alpha value is -3.60. The van der Waals surface area contributed by atoms with Gasteiger partial charge in [-0.2, -0.15) is 28.4 Å². The lowest BCUT2D eigenvalue weighted by atomic mass is 10.0. The first kappa shape index (κ1) is 35.3. The number of fused-ring (bicyclic) bond motifs is 1. The topological polar surface area (TPSA) is 92.1 Å². The summed E-state index contributed by atoms with van der Waals surface area (Å²) in [7, 11) is 5.96. The summed E-state index contributed by atoms with van der Waals surface area (Å²) >= 11 is 6.04. The summed E-state index contributed by atoms with van der Waals surface area (Å²) in [5, 5.41) is 6.99. The maximum Gasteiger partial charge on any atom is 0.419 e. The Morgan fingerprint density at radius 1 is 1.15 bits per heavy atom. The molecule has 10 nitrogen and oxygen atoms in total. The molecule has 3 aliphatic rings. The highest BCUT2D eigenvalue weighted by molar-refractivity contribution is 6.31. The number of hydrogen-bond donors (Lipinski definition) is 0. The van der Waals surface area contributed by atoms with E-state index in [4.69, 9.17) is 31.6 Å². The van der Waals surface area contributed by atoms with Crippen molar-refractivity contribution in [2.75, 3.05) is 83.4 Å². The highest BCUT2D eigenvalue weighted by atomic mass is 35.5. The molecule has 3 aliphatic heterocycles. The summed E-state index contributed by atoms with van der Waals surface area (Å²) in [5.74, 6) is 0.713. The third kappa shape index (κ3) is 8.80. The number of piperazine rings is 1. The molecule has 0 bridgehead atoms. The Balaban J connectivity index is 0.00000154. The molecule has 14 heteroatoms. The zero-order valence-electron chi connectivity index (χ0n) is 26.9. The van der Waals surface area contributed by atoms with Gasteiger partial charge in [0.05, 0.1) is 34.6 Å². The molecule has 0 aliphatic carbocycles. The van der Waals surface area contributed by atoms with Crippen molar-refractivity contribution in [3.05, 3.63) is 52.2 Å². The minimum Gasteiger partial charge on any atom is -0.462 e. The molecule has 0 N–H and O–H groups in total. The van der Waals surface area contributed by atoms with Crippen LogP contribution in [-0.4, -0.2) is 110 Å². The minimum atomic E-state index is -4.59. The summed E-state index contributed by atoms with van der Waals surface area (Å²) in [6.07, 6.45) is 1.47. The lowest BCUT2D eigenvalue weighted by Gasteiger charge is -2.38. The highest BCUT2D eigenvalue weighted by Gasteiger charge is 2.38. The quantitative estimate of drug-likeness (QED) is 0.380. The maximum atomic E-state index is 14.0. The normalized spacial score (nSPS) is 18.8. The predicted molar refractivity (Wildman–Crippen MR) is 172 cm³/mol. The van der Waals surface area contributed by atoms with E-state index in [2.05, 4.69) is 16.8 Å². The van der Waals surface area contributed by atoms with E-state index in [1.165, 1.54) is 25.1 Å². The summed E-state index contributed by atoms with van der Waals surface area (Å²) < 4.78 is 48.1. The van der Waals surface area contributed by atoms with Crippen molar-refractivity contribution < 1.29 is 22.7 Å². The number of amides is 1. The van der Waals surface area contributed by atoms with Crippen LogP contribution in [0.2, 0.25) is 5.02 Å². The van der Waals surface area contributed by atoms with Gasteiger partial charge in [-0.1, -0.05) is 23.7 Å². The van der Waals surface area contributed by atoms with Crippen molar-refractivity contribution in [2.24, 2.45) is 0 Å². The van der Waals surface area contributed by atoms with Crippen molar-refractivity contribution in [3.63, 3.8) is 0 Å². The molecule has 1 unspecified atom stereocenters. The predicted octanol–water partition coefficient (Wildman–Crippen LogP) is 4.48. The number of halogens is 4. The molecule has 5 rings (SSSR count). The average molecular weight is 663 g/mol. The Morgan fingerprint density at radius 2 is 1.87 bits per heavy atom. The molecule has 1 aromatic heterocycles. The number of carbonyl (C=O) groups excluding carboxylic acids is 1. The van der Waals surface area contributed by atoms with Gasteiger partial charge in [-0.3, -0.25) is 4.79 Å². The van der Waals surface area contributed by atoms with E-state index in [9.17, 15) is 18.0 Å². The first-order valence-corrected chi connectivity index (χ1v) is 15.8. The Labute approximate surface area is 274 Å². The lowest BCUT2D eigenvalue weighted by molar-refractivity contribution is -0.137. The van der Waals surface area contributed by atoms with Crippen LogP contribution in [0.5, 0.6) is 6.01 Å². The van der Waals surface area contributed by atoms with Crippen LogP contribution in [0.1, 0.15) is 36.6 Å². The second-order valence-electron chi connectivity index (χ2n) is 11.8. The molecule has 46 heavy (non-hydrogen) atoms. The van der Waals surface area contributed by atoms with Crippen LogP contribution in [0.15, 0.2) is 30.4 Å². The molecule has 1 atom stereocenters. The Morgan fingerprint density at radius 3 is 2.50 bits per heavy atom. The third-order valence-corrected chi connectivity index (χ3v) is 8.65. The molecule has 0 radical (unpaired) electrons. The van der Waals surface area contributed by atoms with E-state index in [1.54, 1.807) is 17.0 Å². The monoisotopic (exact) mass is 662 g/mol. The molecule has 2 fully saturated rings. The summed E-state index contributed by atoms with van der Waals surface area (Å²) in [5.41, 5.74) is 0.748. The third-order valence-electron chi connectivity index (χ3n) is 8.34. The molecule has 2 aromatic rings. The van der Waals surface area contributed by atoms with Crippen LogP contribution in [0.4, 0.5) is 24.7 Å². The Kier molecular flexibility index (Phi) is 12.1. The molecule has 1 aromatic carbocycles. The van der Waals surface area contributed by atoms with Gasteiger partial charge in [0.2, 0.25) is 5.91 Å². The van der Waals surface area contributed by atoms with Crippen LogP contribution in [0, 0.1) is 11.3 Å². The van der Waals surface area contributed by atoms with E-state index >= 15 is 0 Å². The number of rotatable bonds is 8. The summed E-state index contributed by atoms with van der Waals surface area (Å²) in [6, 6.07) is 6.49. The number of aromatic nitrogens is 2. The minimum absolute atomic E-state index is 0.0199. The summed E-state index contributed by atoms with van der Waals surface area (Å²) in [4.78, 5) is 32.1. The number of likely N-dealkylation sites (N-methyl/N-ethyl adjacent to an activating group) is 2. The average Bonchev–Trinajstić information content (AvgIpc) is 3.43. The molecule has 1 amide bonds. The zero-order chi connectivity index (χ0) is 33.4. The molecule has 0 spiro atoms. The van der Waals surface area contributed by atoms with Crippen LogP contribution in [0.25, 0.3) is 0 Å². The van der Waals surface area contributed by atoms with E-state index < -0.39 is 11.7 Å². The number of anilines is 2. The van der Waals surface area contributed by atoms with Gasteiger partial charge < -0.3 is 29.2 Å². The van der Waals surface area contributed by atoms with Gasteiger partial charge in [0.15, 0.2) is 0 Å². The molecule has 250 valence electrons. The van der Waals surface area contributed by atoms with Gasteiger partial charge in [-0.15, -0.1) is 0 Å². The van der Waals surface area contributed by atoms with Gasteiger partial charge in [-0.05, 0) is 59.1 Å². The number of nitriles is 1. The number of benzene rings is 1. The van der Waals surface area contributed by atoms with E-state index in [1.807, 2.05) is 30.0 Å². The van der Waals surface area contributed by atoms with E-state index in [0.717, 1.165) is 30.8 Å². The molecule has 2 saturated heterocycles. The van der Waals surface area contributed by atoms with Crippen LogP contribution in [0.3, 0.4) is 0 Å². The van der Waals surface area contributed by atoms with Gasteiger partial charge >= 0.3 is 12.2 Å². The van der Waals surface area contributed by atoms with Crippen LogP contribution < -0.4 is 14.5 Å². The fourth-order valence-electron chi connectivity index (χ4n) is 5.95. The van der Waals surface area contributed by atoms with E-state index in [0.29, 0.717) is 58.0 Å². The van der Waals surface area contributed by atoms with Gasteiger partial charge in [-0.25, -0.2) is 0 Å². The summed E-state index contributed by atoms with van der Waals surface area (Å²) in [6.45, 7) is 6.33. The second kappa shape index (κ2) is 15.8. The first-order valence-electron chi connectivity index (χ1n) is 15.4.